The fourth-order valence-corrected chi connectivity index (χ4v) is 2.31. The topological polar surface area (TPSA) is 42.4 Å². The third-order valence-corrected chi connectivity index (χ3v) is 3.56. The molecule has 0 aliphatic heterocycles. The Kier molecular flexibility index (Phi) is 4.25. The minimum absolute atomic E-state index is 0.154. The molecule has 0 aliphatic rings. The Labute approximate surface area is 95.1 Å². The minimum Gasteiger partial charge on any atom is -0.387 e. The molecule has 1 rings (SSSR count). The number of aromatic nitrogens is 1. The van der Waals surface area contributed by atoms with Crippen LogP contribution in [0.15, 0.2) is 5.38 Å². The van der Waals surface area contributed by atoms with Crippen LogP contribution in [0.25, 0.3) is 0 Å². The maximum absolute atomic E-state index is 10.4. The van der Waals surface area contributed by atoms with Crippen molar-refractivity contribution < 1.29 is 9.84 Å². The van der Waals surface area contributed by atoms with Gasteiger partial charge in [-0.05, 0) is 12.8 Å². The standard InChI is InChI=1S/C11H19NO2S/c1-8(2)11(13,7-14-4)5-10-12-9(3)6-15-10/h6,8,13H,5,7H2,1-4H3. The van der Waals surface area contributed by atoms with E-state index >= 15 is 0 Å². The summed E-state index contributed by atoms with van der Waals surface area (Å²) in [7, 11) is 1.61. The zero-order valence-electron chi connectivity index (χ0n) is 9.78. The van der Waals surface area contributed by atoms with Crippen LogP contribution in [0.1, 0.15) is 24.5 Å². The predicted molar refractivity (Wildman–Crippen MR) is 62.2 cm³/mol. The van der Waals surface area contributed by atoms with E-state index in [1.807, 2.05) is 26.2 Å². The van der Waals surface area contributed by atoms with Gasteiger partial charge in [0.1, 0.15) is 0 Å². The number of aliphatic hydroxyl groups is 1. The first kappa shape index (κ1) is 12.6. The van der Waals surface area contributed by atoms with Crippen molar-refractivity contribution in [2.24, 2.45) is 5.92 Å². The molecule has 0 aliphatic carbocycles. The summed E-state index contributed by atoms with van der Waals surface area (Å²) in [6.07, 6.45) is 0.566. The fraction of sp³-hybridized carbons (Fsp3) is 0.727. The molecule has 1 heterocycles. The second kappa shape index (κ2) is 5.05. The second-order valence-electron chi connectivity index (χ2n) is 4.25. The van der Waals surface area contributed by atoms with E-state index < -0.39 is 5.60 Å². The van der Waals surface area contributed by atoms with Gasteiger partial charge in [0.15, 0.2) is 0 Å². The minimum atomic E-state index is -0.807. The molecule has 86 valence electrons. The number of aryl methyl sites for hydroxylation is 1. The maximum Gasteiger partial charge on any atom is 0.0965 e. The molecule has 1 unspecified atom stereocenters. The highest BCUT2D eigenvalue weighted by Gasteiger charge is 2.32. The van der Waals surface area contributed by atoms with Gasteiger partial charge in [0, 0.05) is 24.6 Å². The number of ether oxygens (including phenoxy) is 1. The van der Waals surface area contributed by atoms with E-state index in [0.717, 1.165) is 10.7 Å². The normalized spacial score (nSPS) is 15.6. The van der Waals surface area contributed by atoms with Crippen LogP contribution in [0.3, 0.4) is 0 Å². The molecule has 0 radical (unpaired) electrons. The van der Waals surface area contributed by atoms with Gasteiger partial charge < -0.3 is 9.84 Å². The average molecular weight is 229 g/mol. The van der Waals surface area contributed by atoms with Crippen molar-refractivity contribution in [1.82, 2.24) is 4.98 Å². The number of nitrogens with zero attached hydrogens (tertiary/aromatic N) is 1. The second-order valence-corrected chi connectivity index (χ2v) is 5.19. The highest BCUT2D eigenvalue weighted by atomic mass is 32.1. The number of methoxy groups -OCH3 is 1. The Morgan fingerprint density at radius 1 is 1.60 bits per heavy atom. The van der Waals surface area contributed by atoms with Crippen LogP contribution in [0, 0.1) is 12.8 Å². The fourth-order valence-electron chi connectivity index (χ4n) is 1.42. The number of thiazole rings is 1. The first-order valence-electron chi connectivity index (χ1n) is 5.10. The Bertz CT molecular complexity index is 311. The highest BCUT2D eigenvalue weighted by Crippen LogP contribution is 2.24. The number of hydrogen-bond acceptors (Lipinski definition) is 4. The molecule has 1 N–H and O–H groups in total. The van der Waals surface area contributed by atoms with E-state index in [-0.39, 0.29) is 5.92 Å². The van der Waals surface area contributed by atoms with E-state index in [1.165, 1.54) is 0 Å². The molecule has 3 nitrogen and oxygen atoms in total. The predicted octanol–water partition coefficient (Wildman–Crippen LogP) is 2.03. The summed E-state index contributed by atoms with van der Waals surface area (Å²) in [6, 6.07) is 0. The molecule has 1 aromatic heterocycles. The summed E-state index contributed by atoms with van der Waals surface area (Å²) < 4.78 is 5.07. The summed E-state index contributed by atoms with van der Waals surface area (Å²) in [5, 5.41) is 13.4. The van der Waals surface area contributed by atoms with Crippen LogP contribution in [0.4, 0.5) is 0 Å². The number of hydrogen-bond donors (Lipinski definition) is 1. The summed E-state index contributed by atoms with van der Waals surface area (Å²) in [6.45, 7) is 6.31. The van der Waals surface area contributed by atoms with Gasteiger partial charge in [-0.2, -0.15) is 0 Å². The summed E-state index contributed by atoms with van der Waals surface area (Å²) in [5.74, 6) is 0.154. The van der Waals surface area contributed by atoms with Crippen molar-refractivity contribution in [3.05, 3.63) is 16.1 Å². The Morgan fingerprint density at radius 2 is 2.27 bits per heavy atom. The molecule has 0 spiro atoms. The molecular formula is C11H19NO2S. The van der Waals surface area contributed by atoms with Crippen LogP contribution in [0.5, 0.6) is 0 Å². The van der Waals surface area contributed by atoms with Gasteiger partial charge in [-0.15, -0.1) is 11.3 Å². The first-order chi connectivity index (χ1) is 6.98. The summed E-state index contributed by atoms with van der Waals surface area (Å²) in [5.41, 5.74) is 0.206. The molecule has 0 saturated heterocycles. The van der Waals surface area contributed by atoms with Crippen molar-refractivity contribution in [2.45, 2.75) is 32.8 Å². The van der Waals surface area contributed by atoms with Gasteiger partial charge in [-0.1, -0.05) is 13.8 Å². The van der Waals surface area contributed by atoms with Crippen molar-refractivity contribution in [3.63, 3.8) is 0 Å². The zero-order chi connectivity index (χ0) is 11.5. The van der Waals surface area contributed by atoms with Gasteiger partial charge in [-0.25, -0.2) is 4.98 Å². The zero-order valence-corrected chi connectivity index (χ0v) is 10.6. The molecule has 0 bridgehead atoms. The van der Waals surface area contributed by atoms with Crippen LogP contribution in [0.2, 0.25) is 0 Å². The van der Waals surface area contributed by atoms with Gasteiger partial charge in [0.25, 0.3) is 0 Å². The number of rotatable bonds is 5. The van der Waals surface area contributed by atoms with E-state index in [4.69, 9.17) is 4.74 Å². The van der Waals surface area contributed by atoms with E-state index in [9.17, 15) is 5.11 Å². The van der Waals surface area contributed by atoms with Crippen molar-refractivity contribution >= 4 is 11.3 Å². The molecule has 15 heavy (non-hydrogen) atoms. The van der Waals surface area contributed by atoms with Crippen molar-refractivity contribution in [1.29, 1.82) is 0 Å². The van der Waals surface area contributed by atoms with Gasteiger partial charge in [0.05, 0.1) is 17.2 Å². The third kappa shape index (κ3) is 3.26. The highest BCUT2D eigenvalue weighted by molar-refractivity contribution is 7.09. The molecule has 0 fully saturated rings. The quantitative estimate of drug-likeness (QED) is 0.840. The van der Waals surface area contributed by atoms with Crippen LogP contribution >= 0.6 is 11.3 Å². The Hall–Kier alpha value is -0.450. The molecule has 0 saturated carbocycles. The third-order valence-electron chi connectivity index (χ3n) is 2.59. The van der Waals surface area contributed by atoms with Crippen LogP contribution < -0.4 is 0 Å². The first-order valence-corrected chi connectivity index (χ1v) is 5.98. The lowest BCUT2D eigenvalue weighted by atomic mass is 9.88. The SMILES string of the molecule is COCC(O)(Cc1nc(C)cs1)C(C)C. The molecule has 0 amide bonds. The smallest absolute Gasteiger partial charge is 0.0965 e. The van der Waals surface area contributed by atoms with Gasteiger partial charge in [-0.3, -0.25) is 0 Å². The lowest BCUT2D eigenvalue weighted by Gasteiger charge is -2.30. The van der Waals surface area contributed by atoms with Crippen LogP contribution in [-0.2, 0) is 11.2 Å². The van der Waals surface area contributed by atoms with Crippen molar-refractivity contribution in [3.8, 4) is 0 Å². The van der Waals surface area contributed by atoms with E-state index in [0.29, 0.717) is 13.0 Å². The Morgan fingerprint density at radius 3 is 2.67 bits per heavy atom. The Balaban J connectivity index is 2.74. The molecular weight excluding hydrogens is 210 g/mol. The van der Waals surface area contributed by atoms with Gasteiger partial charge >= 0.3 is 0 Å². The lowest BCUT2D eigenvalue weighted by molar-refractivity contribution is -0.0637. The maximum atomic E-state index is 10.4. The molecule has 4 heteroatoms. The molecule has 0 aromatic carbocycles. The van der Waals surface area contributed by atoms with E-state index in [2.05, 4.69) is 4.98 Å². The monoisotopic (exact) mass is 229 g/mol. The molecule has 1 aromatic rings. The lowest BCUT2D eigenvalue weighted by Crippen LogP contribution is -2.42. The average Bonchev–Trinajstić information content (AvgIpc) is 2.51. The van der Waals surface area contributed by atoms with Gasteiger partial charge in [0.2, 0.25) is 0 Å². The molecule has 1 atom stereocenters. The van der Waals surface area contributed by atoms with Crippen molar-refractivity contribution in [2.75, 3.05) is 13.7 Å². The largest absolute Gasteiger partial charge is 0.387 e. The summed E-state index contributed by atoms with van der Waals surface area (Å²) >= 11 is 1.59. The van der Waals surface area contributed by atoms with Crippen LogP contribution in [-0.4, -0.2) is 29.4 Å². The summed E-state index contributed by atoms with van der Waals surface area (Å²) in [4.78, 5) is 4.36. The van der Waals surface area contributed by atoms with E-state index in [1.54, 1.807) is 18.4 Å².